The number of ether oxygens (including phenoxy) is 2. The molecule has 0 heterocycles. The zero-order valence-corrected chi connectivity index (χ0v) is 15.5. The van der Waals surface area contributed by atoms with Crippen LogP contribution in [0.2, 0.25) is 5.02 Å². The number of methoxy groups -OCH3 is 1. The van der Waals surface area contributed by atoms with Gasteiger partial charge in [-0.1, -0.05) is 37.9 Å². The van der Waals surface area contributed by atoms with Crippen LogP contribution in [-0.4, -0.2) is 37.6 Å². The summed E-state index contributed by atoms with van der Waals surface area (Å²) in [5.74, 6) is -2.65. The van der Waals surface area contributed by atoms with E-state index in [0.717, 1.165) is 6.08 Å². The van der Waals surface area contributed by atoms with Crippen molar-refractivity contribution in [1.82, 2.24) is 5.32 Å². The first-order chi connectivity index (χ1) is 12.3. The molecule has 0 bridgehead atoms. The highest BCUT2D eigenvalue weighted by molar-refractivity contribution is 6.30. The quantitative estimate of drug-likeness (QED) is 0.549. The van der Waals surface area contributed by atoms with E-state index < -0.39 is 36.3 Å². The topological polar surface area (TPSA) is 81.7 Å². The van der Waals surface area contributed by atoms with Crippen molar-refractivity contribution in [1.29, 1.82) is 0 Å². The summed E-state index contributed by atoms with van der Waals surface area (Å²) in [7, 11) is 1.23. The Morgan fingerprint density at radius 3 is 2.62 bits per heavy atom. The van der Waals surface area contributed by atoms with Crippen LogP contribution in [0.5, 0.6) is 0 Å². The van der Waals surface area contributed by atoms with E-state index in [-0.39, 0.29) is 10.9 Å². The van der Waals surface area contributed by atoms with Gasteiger partial charge < -0.3 is 14.8 Å². The fourth-order valence-electron chi connectivity index (χ4n) is 1.98. The highest BCUT2D eigenvalue weighted by Crippen LogP contribution is 2.16. The molecule has 1 aromatic carbocycles. The summed E-state index contributed by atoms with van der Waals surface area (Å²) < 4.78 is 22.5. The Morgan fingerprint density at radius 2 is 2.04 bits per heavy atom. The van der Waals surface area contributed by atoms with Crippen molar-refractivity contribution in [3.63, 3.8) is 0 Å². The number of nitrogens with one attached hydrogen (secondary N) is 1. The second-order valence-electron chi connectivity index (χ2n) is 5.57. The molecule has 1 rings (SSSR count). The minimum Gasteiger partial charge on any atom is -0.467 e. The number of carbonyl (C=O) groups excluding carboxylic acids is 3. The molecular formula is C18H21ClFNO5. The molecule has 142 valence electrons. The van der Waals surface area contributed by atoms with Crippen molar-refractivity contribution in [3.05, 3.63) is 40.7 Å². The van der Waals surface area contributed by atoms with E-state index in [0.29, 0.717) is 12.0 Å². The Bertz CT molecular complexity index is 692. The number of carbonyl (C=O) groups is 3. The fraction of sp³-hybridized carbons (Fsp3) is 0.389. The number of hydrogen-bond acceptors (Lipinski definition) is 5. The summed E-state index contributed by atoms with van der Waals surface area (Å²) in [5, 5.41) is 2.42. The van der Waals surface area contributed by atoms with Crippen LogP contribution in [0.3, 0.4) is 0 Å². The molecule has 26 heavy (non-hydrogen) atoms. The SMILES string of the molecule is CC[C@H](C)[C@@H](NC(=O)COC(=O)/C=C/c1ccc(F)c(Cl)c1)C(=O)OC. The Labute approximate surface area is 156 Å². The zero-order valence-electron chi connectivity index (χ0n) is 14.8. The predicted octanol–water partition coefficient (Wildman–Crippen LogP) is 2.74. The van der Waals surface area contributed by atoms with Gasteiger partial charge in [-0.15, -0.1) is 0 Å². The largest absolute Gasteiger partial charge is 0.467 e. The van der Waals surface area contributed by atoms with E-state index in [4.69, 9.17) is 16.3 Å². The highest BCUT2D eigenvalue weighted by Gasteiger charge is 2.26. The third kappa shape index (κ3) is 6.84. The molecule has 0 aliphatic heterocycles. The molecule has 0 fully saturated rings. The molecule has 1 aromatic rings. The van der Waals surface area contributed by atoms with Crippen molar-refractivity contribution in [2.24, 2.45) is 5.92 Å². The standard InChI is InChI=1S/C18H21ClFNO5/c1-4-11(2)17(18(24)25-3)21-15(22)10-26-16(23)8-6-12-5-7-14(20)13(19)9-12/h5-9,11,17H,4,10H2,1-3H3,(H,21,22)/b8-6+/t11-,17+/m0/s1. The molecule has 6 nitrogen and oxygen atoms in total. The summed E-state index contributed by atoms with van der Waals surface area (Å²) in [6, 6.07) is 3.14. The van der Waals surface area contributed by atoms with Gasteiger partial charge in [0.1, 0.15) is 11.9 Å². The summed E-state index contributed by atoms with van der Waals surface area (Å²) in [6.45, 7) is 3.13. The van der Waals surface area contributed by atoms with Gasteiger partial charge in [-0.3, -0.25) is 4.79 Å². The van der Waals surface area contributed by atoms with Gasteiger partial charge in [-0.2, -0.15) is 0 Å². The zero-order chi connectivity index (χ0) is 19.7. The second-order valence-corrected chi connectivity index (χ2v) is 5.98. The molecule has 1 amide bonds. The first kappa shape index (κ1) is 21.6. The summed E-state index contributed by atoms with van der Waals surface area (Å²) >= 11 is 5.64. The third-order valence-electron chi connectivity index (χ3n) is 3.69. The first-order valence-electron chi connectivity index (χ1n) is 7.95. The van der Waals surface area contributed by atoms with Gasteiger partial charge in [0.25, 0.3) is 5.91 Å². The summed E-state index contributed by atoms with van der Waals surface area (Å²) in [6.07, 6.45) is 3.12. The van der Waals surface area contributed by atoms with Crippen molar-refractivity contribution in [2.75, 3.05) is 13.7 Å². The van der Waals surface area contributed by atoms with Gasteiger partial charge in [0.05, 0.1) is 12.1 Å². The van der Waals surface area contributed by atoms with E-state index in [9.17, 15) is 18.8 Å². The third-order valence-corrected chi connectivity index (χ3v) is 3.98. The smallest absolute Gasteiger partial charge is 0.331 e. The number of amides is 1. The van der Waals surface area contributed by atoms with Crippen LogP contribution in [-0.2, 0) is 23.9 Å². The van der Waals surface area contributed by atoms with Crippen LogP contribution in [0.15, 0.2) is 24.3 Å². The number of esters is 2. The van der Waals surface area contributed by atoms with E-state index in [1.807, 2.05) is 6.92 Å². The maximum Gasteiger partial charge on any atom is 0.331 e. The number of benzene rings is 1. The van der Waals surface area contributed by atoms with Crippen LogP contribution in [0.25, 0.3) is 6.08 Å². The molecule has 0 spiro atoms. The molecule has 0 aromatic heterocycles. The minimum atomic E-state index is -0.812. The van der Waals surface area contributed by atoms with Gasteiger partial charge in [0, 0.05) is 6.08 Å². The molecule has 2 atom stereocenters. The number of rotatable bonds is 8. The lowest BCUT2D eigenvalue weighted by atomic mass is 9.99. The lowest BCUT2D eigenvalue weighted by Gasteiger charge is -2.21. The average molecular weight is 386 g/mol. The van der Waals surface area contributed by atoms with E-state index in [2.05, 4.69) is 10.1 Å². The Morgan fingerprint density at radius 1 is 1.35 bits per heavy atom. The number of halogens is 2. The molecule has 0 saturated carbocycles. The van der Waals surface area contributed by atoms with E-state index in [1.165, 1.54) is 31.4 Å². The van der Waals surface area contributed by atoms with Crippen molar-refractivity contribution in [3.8, 4) is 0 Å². The van der Waals surface area contributed by atoms with Crippen molar-refractivity contribution < 1.29 is 28.2 Å². The maximum absolute atomic E-state index is 13.1. The van der Waals surface area contributed by atoms with Gasteiger partial charge >= 0.3 is 11.9 Å². The second kappa shape index (κ2) is 10.6. The van der Waals surface area contributed by atoms with Crippen molar-refractivity contribution >= 4 is 35.5 Å². The summed E-state index contributed by atoms with van der Waals surface area (Å²) in [5.41, 5.74) is 0.500. The van der Waals surface area contributed by atoms with Gasteiger partial charge in [-0.25, -0.2) is 14.0 Å². The first-order valence-corrected chi connectivity index (χ1v) is 8.33. The van der Waals surface area contributed by atoms with E-state index >= 15 is 0 Å². The van der Waals surface area contributed by atoms with Crippen LogP contribution in [0.1, 0.15) is 25.8 Å². The maximum atomic E-state index is 13.1. The van der Waals surface area contributed by atoms with Gasteiger partial charge in [0.2, 0.25) is 0 Å². The normalized spacial score (nSPS) is 13.1. The molecule has 8 heteroatoms. The molecule has 1 N–H and O–H groups in total. The molecule has 0 saturated heterocycles. The van der Waals surface area contributed by atoms with E-state index in [1.54, 1.807) is 6.92 Å². The van der Waals surface area contributed by atoms with Crippen LogP contribution < -0.4 is 5.32 Å². The van der Waals surface area contributed by atoms with Gasteiger partial charge in [-0.05, 0) is 29.7 Å². The van der Waals surface area contributed by atoms with Gasteiger partial charge in [0.15, 0.2) is 6.61 Å². The average Bonchev–Trinajstić information content (AvgIpc) is 2.64. The number of hydrogen-bond donors (Lipinski definition) is 1. The lowest BCUT2D eigenvalue weighted by molar-refractivity contribution is -0.148. The van der Waals surface area contributed by atoms with Crippen LogP contribution >= 0.6 is 11.6 Å². The Hall–Kier alpha value is -2.41. The molecule has 0 unspecified atom stereocenters. The minimum absolute atomic E-state index is 0.0706. The summed E-state index contributed by atoms with van der Waals surface area (Å²) in [4.78, 5) is 35.2. The Balaban J connectivity index is 2.54. The van der Waals surface area contributed by atoms with Crippen LogP contribution in [0, 0.1) is 11.7 Å². The van der Waals surface area contributed by atoms with Crippen molar-refractivity contribution in [2.45, 2.75) is 26.3 Å². The predicted molar refractivity (Wildman–Crippen MR) is 94.8 cm³/mol. The molecule has 0 aliphatic rings. The molecule has 0 aliphatic carbocycles. The molecular weight excluding hydrogens is 365 g/mol. The monoisotopic (exact) mass is 385 g/mol. The fourth-order valence-corrected chi connectivity index (χ4v) is 2.17. The van der Waals surface area contributed by atoms with Crippen LogP contribution in [0.4, 0.5) is 4.39 Å². The Kier molecular flexibility index (Phi) is 8.78. The molecule has 0 radical (unpaired) electrons. The highest BCUT2D eigenvalue weighted by atomic mass is 35.5. The lowest BCUT2D eigenvalue weighted by Crippen LogP contribution is -2.47.